The van der Waals surface area contributed by atoms with Gasteiger partial charge in [0.05, 0.1) is 26.4 Å². The van der Waals surface area contributed by atoms with Crippen LogP contribution in [0.2, 0.25) is 0 Å². The Bertz CT molecular complexity index is 1260. The third-order valence-electron chi connectivity index (χ3n) is 5.66. The van der Waals surface area contributed by atoms with E-state index in [0.29, 0.717) is 35.4 Å². The van der Waals surface area contributed by atoms with Gasteiger partial charge < -0.3 is 19.3 Å². The Labute approximate surface area is 195 Å². The highest BCUT2D eigenvalue weighted by molar-refractivity contribution is 6.00. The van der Waals surface area contributed by atoms with Crippen molar-refractivity contribution in [3.8, 4) is 11.5 Å². The van der Waals surface area contributed by atoms with Crippen LogP contribution >= 0.6 is 0 Å². The number of carbonyl (C=O) groups excluding carboxylic acids is 1. The Balaban J connectivity index is 1.94. The number of aromatic nitrogens is 2. The zero-order valence-corrected chi connectivity index (χ0v) is 19.2. The van der Waals surface area contributed by atoms with E-state index >= 15 is 0 Å². The van der Waals surface area contributed by atoms with E-state index in [9.17, 15) is 19.1 Å². The van der Waals surface area contributed by atoms with E-state index < -0.39 is 17.6 Å². The van der Waals surface area contributed by atoms with Gasteiger partial charge in [-0.1, -0.05) is 25.5 Å². The van der Waals surface area contributed by atoms with Crippen molar-refractivity contribution >= 4 is 17.0 Å². The predicted octanol–water partition coefficient (Wildman–Crippen LogP) is 3.24. The molecule has 2 aromatic heterocycles. The van der Waals surface area contributed by atoms with E-state index in [1.807, 2.05) is 6.92 Å². The molecule has 0 amide bonds. The lowest BCUT2D eigenvalue weighted by Crippen LogP contribution is -2.39. The molecule has 1 aromatic carbocycles. The molecular weight excluding hydrogens is 443 g/mol. The lowest BCUT2D eigenvalue weighted by molar-refractivity contribution is 0.0517. The molecule has 0 spiro atoms. The Morgan fingerprint density at radius 3 is 2.74 bits per heavy atom. The van der Waals surface area contributed by atoms with Crippen molar-refractivity contribution in [2.45, 2.75) is 45.8 Å². The fraction of sp³-hybridized carbons (Fsp3) is 0.400. The predicted molar refractivity (Wildman–Crippen MR) is 123 cm³/mol. The maximum absolute atomic E-state index is 13.5. The Kier molecular flexibility index (Phi) is 7.12. The fourth-order valence-corrected chi connectivity index (χ4v) is 3.99. The number of pyridine rings is 2. The summed E-state index contributed by atoms with van der Waals surface area (Å²) < 4.78 is 31.9. The molecule has 9 heteroatoms. The summed E-state index contributed by atoms with van der Waals surface area (Å²) in [6.45, 7) is 3.78. The molecule has 0 aliphatic carbocycles. The van der Waals surface area contributed by atoms with Crippen LogP contribution in [0, 0.1) is 5.82 Å². The van der Waals surface area contributed by atoms with E-state index in [-0.39, 0.29) is 36.9 Å². The molecule has 1 aliphatic rings. The second-order valence-electron chi connectivity index (χ2n) is 8.08. The molecule has 180 valence electrons. The van der Waals surface area contributed by atoms with Crippen LogP contribution in [-0.2, 0) is 17.7 Å². The monoisotopic (exact) mass is 470 g/mol. The van der Waals surface area contributed by atoms with Gasteiger partial charge in [0.1, 0.15) is 23.0 Å². The van der Waals surface area contributed by atoms with Crippen molar-refractivity contribution in [2.75, 3.05) is 19.8 Å². The number of aliphatic hydroxyl groups excluding tert-OH is 1. The molecule has 0 radical (unpaired) electrons. The summed E-state index contributed by atoms with van der Waals surface area (Å²) in [5, 5.41) is 9.82. The summed E-state index contributed by atoms with van der Waals surface area (Å²) >= 11 is 0. The smallest absolute Gasteiger partial charge is 0.347 e. The molecule has 1 N–H and O–H groups in total. The second-order valence-corrected chi connectivity index (χ2v) is 8.08. The summed E-state index contributed by atoms with van der Waals surface area (Å²) in [4.78, 5) is 30.8. The van der Waals surface area contributed by atoms with E-state index in [1.54, 1.807) is 25.3 Å². The lowest BCUT2D eigenvalue weighted by atomic mass is 10.0. The van der Waals surface area contributed by atoms with Gasteiger partial charge in [-0.05, 0) is 31.0 Å². The topological polar surface area (TPSA) is 99.9 Å². The van der Waals surface area contributed by atoms with E-state index in [4.69, 9.17) is 14.2 Å². The summed E-state index contributed by atoms with van der Waals surface area (Å²) in [6, 6.07) is 6.06. The maximum Gasteiger partial charge on any atom is 0.347 e. The van der Waals surface area contributed by atoms with Gasteiger partial charge in [-0.15, -0.1) is 0 Å². The van der Waals surface area contributed by atoms with Gasteiger partial charge in [-0.25, -0.2) is 9.18 Å². The van der Waals surface area contributed by atoms with Gasteiger partial charge in [0.15, 0.2) is 17.1 Å². The quantitative estimate of drug-likeness (QED) is 0.379. The van der Waals surface area contributed by atoms with Crippen LogP contribution in [0.4, 0.5) is 4.39 Å². The number of ether oxygens (including phenoxy) is 3. The van der Waals surface area contributed by atoms with E-state index in [2.05, 4.69) is 4.98 Å². The number of esters is 1. The highest BCUT2D eigenvalue weighted by Gasteiger charge is 2.32. The molecule has 1 aliphatic heterocycles. The van der Waals surface area contributed by atoms with Crippen LogP contribution in [0.1, 0.15) is 48.2 Å². The van der Waals surface area contributed by atoms with Crippen molar-refractivity contribution in [3.05, 3.63) is 63.3 Å². The number of nitrogens with zero attached hydrogens (tertiary/aromatic N) is 2. The average molecular weight is 470 g/mol. The maximum atomic E-state index is 13.5. The minimum absolute atomic E-state index is 0.0438. The number of hydrogen-bond donors (Lipinski definition) is 1. The van der Waals surface area contributed by atoms with Gasteiger partial charge in [-0.3, -0.25) is 14.3 Å². The van der Waals surface area contributed by atoms with Crippen molar-refractivity contribution in [2.24, 2.45) is 0 Å². The standard InChI is InChI=1S/C25H27FN2O6/c1-3-5-10-33-23-19(25(31)32-4-2)24(30)28-13-18(14-29)34-22-16(12-27-20(23)21(22)28)11-15-6-8-17(26)9-7-15/h6-9,12,18,29H,3-5,10-11,13-14H2,1-2H3/t18-/m1/s1. The van der Waals surface area contributed by atoms with Gasteiger partial charge in [0.25, 0.3) is 5.56 Å². The normalized spacial score (nSPS) is 14.6. The molecule has 3 aromatic rings. The second kappa shape index (κ2) is 10.2. The molecular formula is C25H27FN2O6. The summed E-state index contributed by atoms with van der Waals surface area (Å²) in [6.07, 6.45) is 2.87. The van der Waals surface area contributed by atoms with Gasteiger partial charge >= 0.3 is 5.97 Å². The molecule has 0 saturated heterocycles. The number of aliphatic hydroxyl groups is 1. The van der Waals surface area contributed by atoms with Crippen LogP contribution in [-0.4, -0.2) is 46.6 Å². The highest BCUT2D eigenvalue weighted by atomic mass is 19.1. The van der Waals surface area contributed by atoms with Crippen LogP contribution in [0.5, 0.6) is 11.5 Å². The number of halogens is 1. The Morgan fingerprint density at radius 2 is 2.06 bits per heavy atom. The number of hydrogen-bond acceptors (Lipinski definition) is 7. The first-order valence-electron chi connectivity index (χ1n) is 11.4. The molecule has 3 heterocycles. The van der Waals surface area contributed by atoms with Gasteiger partial charge in [-0.2, -0.15) is 0 Å². The molecule has 0 saturated carbocycles. The first-order chi connectivity index (χ1) is 16.5. The molecule has 1 atom stereocenters. The first kappa shape index (κ1) is 23.7. The SMILES string of the molecule is CCCCOc1c(C(=O)OCC)c(=O)n2c3c(c(Cc4ccc(F)cc4)cnc13)O[C@@H](CO)C2. The number of carbonyl (C=O) groups is 1. The number of benzene rings is 1. The average Bonchev–Trinajstić information content (AvgIpc) is 2.84. The van der Waals surface area contributed by atoms with Gasteiger partial charge in [0, 0.05) is 18.2 Å². The minimum Gasteiger partial charge on any atom is -0.490 e. The van der Waals surface area contributed by atoms with Crippen LogP contribution in [0.15, 0.2) is 35.3 Å². The van der Waals surface area contributed by atoms with Crippen molar-refractivity contribution in [3.63, 3.8) is 0 Å². The number of unbranched alkanes of at least 4 members (excludes halogenated alkanes) is 1. The molecule has 0 fully saturated rings. The van der Waals surface area contributed by atoms with Crippen molar-refractivity contribution in [1.82, 2.24) is 9.55 Å². The highest BCUT2D eigenvalue weighted by Crippen LogP contribution is 2.38. The van der Waals surface area contributed by atoms with E-state index in [0.717, 1.165) is 18.4 Å². The molecule has 4 rings (SSSR count). The van der Waals surface area contributed by atoms with E-state index in [1.165, 1.54) is 16.7 Å². The zero-order valence-electron chi connectivity index (χ0n) is 19.2. The third-order valence-corrected chi connectivity index (χ3v) is 5.66. The van der Waals surface area contributed by atoms with Crippen molar-refractivity contribution < 1.29 is 28.5 Å². The fourth-order valence-electron chi connectivity index (χ4n) is 3.99. The summed E-state index contributed by atoms with van der Waals surface area (Å²) in [5.41, 5.74) is 1.40. The van der Waals surface area contributed by atoms with Crippen molar-refractivity contribution in [1.29, 1.82) is 0 Å². The Hall–Kier alpha value is -3.46. The number of rotatable bonds is 9. The van der Waals surface area contributed by atoms with Crippen LogP contribution in [0.3, 0.4) is 0 Å². The Morgan fingerprint density at radius 1 is 1.29 bits per heavy atom. The first-order valence-corrected chi connectivity index (χ1v) is 11.4. The molecule has 0 unspecified atom stereocenters. The minimum atomic E-state index is -0.782. The largest absolute Gasteiger partial charge is 0.490 e. The summed E-state index contributed by atoms with van der Waals surface area (Å²) in [5.74, 6) is -0.667. The lowest BCUT2D eigenvalue weighted by Gasteiger charge is -2.29. The zero-order chi connectivity index (χ0) is 24.2. The molecule has 34 heavy (non-hydrogen) atoms. The van der Waals surface area contributed by atoms with Crippen LogP contribution in [0.25, 0.3) is 11.0 Å². The molecule has 8 nitrogen and oxygen atoms in total. The molecule has 0 bridgehead atoms. The van der Waals surface area contributed by atoms with Gasteiger partial charge in [0.2, 0.25) is 0 Å². The van der Waals surface area contributed by atoms with Crippen LogP contribution < -0.4 is 15.0 Å². The summed E-state index contributed by atoms with van der Waals surface area (Å²) in [7, 11) is 0. The third kappa shape index (κ3) is 4.48.